The average Bonchev–Trinajstić information content (AvgIpc) is 3.51. The second-order valence-corrected chi connectivity index (χ2v) is 10.6. The van der Waals surface area contributed by atoms with Crippen molar-refractivity contribution in [1.82, 2.24) is 14.5 Å². The lowest BCUT2D eigenvalue weighted by Gasteiger charge is -2.20. The molecule has 0 aliphatic rings. The number of benzene rings is 6. The molecule has 0 bridgehead atoms. The third-order valence-corrected chi connectivity index (χ3v) is 8.19. The van der Waals surface area contributed by atoms with E-state index >= 15 is 0 Å². The molecule has 0 saturated carbocycles. The van der Waals surface area contributed by atoms with Crippen molar-refractivity contribution in [2.24, 2.45) is 0 Å². The van der Waals surface area contributed by atoms with E-state index in [1.165, 1.54) is 0 Å². The van der Waals surface area contributed by atoms with Gasteiger partial charge in [-0.3, -0.25) is 9.55 Å². The zero-order valence-corrected chi connectivity index (χ0v) is 23.2. The molecule has 0 N–H and O–H groups in total. The Morgan fingerprint density at radius 2 is 1.23 bits per heavy atom. The van der Waals surface area contributed by atoms with Gasteiger partial charge in [-0.2, -0.15) is 0 Å². The van der Waals surface area contributed by atoms with E-state index in [0.29, 0.717) is 16.7 Å². The van der Waals surface area contributed by atoms with Crippen LogP contribution >= 0.6 is 0 Å². The molecule has 3 heteroatoms. The highest BCUT2D eigenvalue weighted by molar-refractivity contribution is 6.22. The van der Waals surface area contributed by atoms with E-state index < -0.39 is 13.2 Å². The molecule has 0 aliphatic carbocycles. The van der Waals surface area contributed by atoms with Crippen LogP contribution in [0.3, 0.4) is 0 Å². The van der Waals surface area contributed by atoms with E-state index in [1.54, 1.807) is 16.8 Å². The standard InChI is InChI=1S/C40H29N3/c1-2-38-42-35-18-8-10-20-37(35)43(38)36-19-9-7-17-34(36)40-32-15-5-3-13-30(32)39(31-14-4-6-16-33(31)40)28-23-21-27(22-24-28)29-12-11-25-41-26-29/h3-26H,2H2,1H3/i1D3,2D2. The fourth-order valence-electron chi connectivity index (χ4n) is 6.33. The molecule has 43 heavy (non-hydrogen) atoms. The Morgan fingerprint density at radius 3 is 1.93 bits per heavy atom. The number of para-hydroxylation sites is 3. The molecule has 0 saturated heterocycles. The van der Waals surface area contributed by atoms with Crippen LogP contribution in [0.1, 0.15) is 19.5 Å². The van der Waals surface area contributed by atoms with Crippen LogP contribution in [0, 0.1) is 0 Å². The van der Waals surface area contributed by atoms with Gasteiger partial charge in [-0.05, 0) is 73.6 Å². The Labute approximate surface area is 257 Å². The molecule has 204 valence electrons. The van der Waals surface area contributed by atoms with Gasteiger partial charge in [-0.15, -0.1) is 0 Å². The van der Waals surface area contributed by atoms with Gasteiger partial charge < -0.3 is 0 Å². The van der Waals surface area contributed by atoms with Crippen LogP contribution in [0.2, 0.25) is 0 Å². The van der Waals surface area contributed by atoms with Gasteiger partial charge in [0.2, 0.25) is 0 Å². The summed E-state index contributed by atoms with van der Waals surface area (Å²) in [7, 11) is 0. The summed E-state index contributed by atoms with van der Waals surface area (Å²) in [4.78, 5) is 8.87. The van der Waals surface area contributed by atoms with E-state index in [1.807, 2.05) is 79.0 Å². The molecule has 8 rings (SSSR count). The highest BCUT2D eigenvalue weighted by Crippen LogP contribution is 2.45. The topological polar surface area (TPSA) is 30.7 Å². The maximum absolute atomic E-state index is 8.79. The van der Waals surface area contributed by atoms with Gasteiger partial charge in [0.15, 0.2) is 0 Å². The van der Waals surface area contributed by atoms with Gasteiger partial charge >= 0.3 is 0 Å². The molecule has 0 unspecified atom stereocenters. The molecule has 0 spiro atoms. The minimum atomic E-state index is -2.94. The fourth-order valence-corrected chi connectivity index (χ4v) is 6.33. The maximum atomic E-state index is 8.79. The number of imidazole rings is 1. The molecule has 3 nitrogen and oxygen atoms in total. The van der Waals surface area contributed by atoms with Crippen molar-refractivity contribution in [1.29, 1.82) is 0 Å². The Balaban J connectivity index is 1.42. The molecule has 2 heterocycles. The van der Waals surface area contributed by atoms with Crippen LogP contribution in [0.15, 0.2) is 146 Å². The Hall–Kier alpha value is -5.54. The number of pyridine rings is 1. The molecule has 0 fully saturated rings. The van der Waals surface area contributed by atoms with E-state index in [9.17, 15) is 0 Å². The number of nitrogens with zero attached hydrogens (tertiary/aromatic N) is 3. The summed E-state index contributed by atoms with van der Waals surface area (Å²) in [5, 5.41) is 4.20. The monoisotopic (exact) mass is 556 g/mol. The van der Waals surface area contributed by atoms with E-state index in [-0.39, 0.29) is 5.82 Å². The minimum Gasteiger partial charge on any atom is -0.296 e. The van der Waals surface area contributed by atoms with E-state index in [2.05, 4.69) is 64.6 Å². The van der Waals surface area contributed by atoms with E-state index in [0.717, 1.165) is 54.9 Å². The molecule has 0 atom stereocenters. The first-order chi connectivity index (χ1) is 23.2. The summed E-state index contributed by atoms with van der Waals surface area (Å²) in [6, 6.07) is 44.4. The Morgan fingerprint density at radius 1 is 0.605 bits per heavy atom. The van der Waals surface area contributed by atoms with Gasteiger partial charge in [0, 0.05) is 31.2 Å². The summed E-state index contributed by atoms with van der Waals surface area (Å²) in [5.41, 5.74) is 7.97. The lowest BCUT2D eigenvalue weighted by molar-refractivity contribution is 0.909. The van der Waals surface area contributed by atoms with Gasteiger partial charge in [0.05, 0.1) is 16.7 Å². The van der Waals surface area contributed by atoms with Crippen molar-refractivity contribution in [2.45, 2.75) is 13.2 Å². The predicted molar refractivity (Wildman–Crippen MR) is 180 cm³/mol. The summed E-state index contributed by atoms with van der Waals surface area (Å²) in [5.74, 6) is -0.157. The second-order valence-electron chi connectivity index (χ2n) is 10.6. The number of aryl methyl sites for hydroxylation is 1. The second kappa shape index (κ2) is 10.4. The average molecular weight is 557 g/mol. The maximum Gasteiger partial charge on any atom is 0.114 e. The lowest BCUT2D eigenvalue weighted by Crippen LogP contribution is -2.03. The zero-order valence-electron chi connectivity index (χ0n) is 28.2. The van der Waals surface area contributed by atoms with Crippen molar-refractivity contribution in [2.75, 3.05) is 0 Å². The molecule has 0 radical (unpaired) electrons. The van der Waals surface area contributed by atoms with Crippen LogP contribution in [-0.2, 0) is 6.37 Å². The van der Waals surface area contributed by atoms with Crippen LogP contribution < -0.4 is 0 Å². The third-order valence-electron chi connectivity index (χ3n) is 8.19. The van der Waals surface area contributed by atoms with Gasteiger partial charge in [0.1, 0.15) is 5.82 Å². The fraction of sp³-hybridized carbons (Fsp3) is 0.0500. The molecule has 0 amide bonds. The molecular formula is C40H29N3. The molecule has 6 aromatic carbocycles. The highest BCUT2D eigenvalue weighted by atomic mass is 15.1. The van der Waals surface area contributed by atoms with Crippen LogP contribution in [0.5, 0.6) is 0 Å². The third kappa shape index (κ3) is 4.12. The van der Waals surface area contributed by atoms with Gasteiger partial charge in [0.25, 0.3) is 0 Å². The number of fused-ring (bicyclic) bond motifs is 3. The van der Waals surface area contributed by atoms with Crippen molar-refractivity contribution in [3.05, 3.63) is 152 Å². The molecular weight excluding hydrogens is 522 g/mol. The highest BCUT2D eigenvalue weighted by Gasteiger charge is 2.20. The molecule has 0 aliphatic heterocycles. The molecule has 2 aromatic heterocycles. The number of rotatable bonds is 5. The SMILES string of the molecule is [2H]C([2H])([2H])C([2H])([2H])c1nc2ccccc2n1-c1ccccc1-c1c2ccccc2c(-c2ccc(-c3cccnc3)cc2)c2ccccc12. The summed E-state index contributed by atoms with van der Waals surface area (Å²) >= 11 is 0. The number of hydrogen-bond donors (Lipinski definition) is 0. The normalized spacial score (nSPS) is 13.8. The van der Waals surface area contributed by atoms with Gasteiger partial charge in [-0.1, -0.05) is 116 Å². The van der Waals surface area contributed by atoms with Gasteiger partial charge in [-0.25, -0.2) is 4.98 Å². The number of hydrogen-bond acceptors (Lipinski definition) is 2. The first-order valence-corrected chi connectivity index (χ1v) is 14.3. The van der Waals surface area contributed by atoms with Crippen molar-refractivity contribution < 1.29 is 6.85 Å². The van der Waals surface area contributed by atoms with Crippen molar-refractivity contribution in [3.63, 3.8) is 0 Å². The first-order valence-electron chi connectivity index (χ1n) is 16.8. The smallest absolute Gasteiger partial charge is 0.114 e. The zero-order chi connectivity index (χ0) is 33.0. The first kappa shape index (κ1) is 20.4. The summed E-state index contributed by atoms with van der Waals surface area (Å²) in [6.07, 6.45) is 0.926. The van der Waals surface area contributed by atoms with Crippen LogP contribution in [0.25, 0.3) is 71.6 Å². The largest absolute Gasteiger partial charge is 0.296 e. The predicted octanol–water partition coefficient (Wildman–Crippen LogP) is 10.3. The lowest BCUT2D eigenvalue weighted by atomic mass is 9.85. The summed E-state index contributed by atoms with van der Waals surface area (Å²) in [6.45, 7) is -2.94. The summed E-state index contributed by atoms with van der Waals surface area (Å²) < 4.78 is 43.6. The van der Waals surface area contributed by atoms with E-state index in [4.69, 9.17) is 6.85 Å². The Bertz CT molecular complexity index is 2410. The van der Waals surface area contributed by atoms with Crippen LogP contribution in [-0.4, -0.2) is 14.5 Å². The van der Waals surface area contributed by atoms with Crippen LogP contribution in [0.4, 0.5) is 0 Å². The quantitative estimate of drug-likeness (QED) is 0.197. The molecule has 8 aromatic rings. The number of aromatic nitrogens is 3. The Kier molecular flexibility index (Phi) is 4.91. The van der Waals surface area contributed by atoms with Crippen molar-refractivity contribution >= 4 is 32.6 Å². The van der Waals surface area contributed by atoms with Crippen molar-refractivity contribution in [3.8, 4) is 39.1 Å². The minimum absolute atomic E-state index is 0.157.